The number of nitrogen functional groups attached to an aromatic ring is 1. The molecule has 0 unspecified atom stereocenters. The highest BCUT2D eigenvalue weighted by molar-refractivity contribution is 5.99. The molecule has 1 aliphatic carbocycles. The van der Waals surface area contributed by atoms with Crippen molar-refractivity contribution in [1.29, 1.82) is 0 Å². The number of pyridine rings is 2. The van der Waals surface area contributed by atoms with Crippen LogP contribution in [0.4, 0.5) is 11.6 Å². The van der Waals surface area contributed by atoms with E-state index in [9.17, 15) is 4.79 Å². The van der Waals surface area contributed by atoms with Crippen LogP contribution in [-0.2, 0) is 23.2 Å². The number of aryl methyl sites for hydroxylation is 2. The number of ether oxygens (including phenoxy) is 1. The van der Waals surface area contributed by atoms with Crippen LogP contribution in [-0.4, -0.2) is 32.8 Å². The molecule has 1 saturated carbocycles. The van der Waals surface area contributed by atoms with Gasteiger partial charge >= 0.3 is 0 Å². The van der Waals surface area contributed by atoms with E-state index in [1.807, 2.05) is 56.7 Å². The highest BCUT2D eigenvalue weighted by Gasteiger charge is 2.44. The molecule has 1 aliphatic rings. The number of benzene rings is 1. The largest absolute Gasteiger partial charge is 0.383 e. The predicted molar refractivity (Wildman–Crippen MR) is 128 cm³/mol. The second-order valence-corrected chi connectivity index (χ2v) is 8.61. The molecule has 0 spiro atoms. The van der Waals surface area contributed by atoms with Gasteiger partial charge in [0, 0.05) is 43.4 Å². The molecule has 168 valence electrons. The number of methoxy groups -OCH3 is 1. The van der Waals surface area contributed by atoms with Crippen LogP contribution in [0.2, 0.25) is 0 Å². The van der Waals surface area contributed by atoms with E-state index in [2.05, 4.69) is 20.4 Å². The number of hydrogen-bond donors (Lipinski definition) is 2. The van der Waals surface area contributed by atoms with Crippen LogP contribution in [0.25, 0.3) is 22.0 Å². The Morgan fingerprint density at radius 1 is 1.30 bits per heavy atom. The Hall–Kier alpha value is -3.78. The first kappa shape index (κ1) is 21.1. The van der Waals surface area contributed by atoms with Gasteiger partial charge in [-0.1, -0.05) is 18.2 Å². The topological polar surface area (TPSA) is 108 Å². The van der Waals surface area contributed by atoms with E-state index in [-0.39, 0.29) is 17.7 Å². The zero-order chi connectivity index (χ0) is 23.1. The number of hydrogen-bond acceptors (Lipinski definition) is 6. The number of amides is 1. The van der Waals surface area contributed by atoms with E-state index < -0.39 is 0 Å². The second kappa shape index (κ2) is 8.29. The molecule has 33 heavy (non-hydrogen) atoms. The van der Waals surface area contributed by atoms with Gasteiger partial charge in [-0.25, -0.2) is 9.97 Å². The molecule has 1 fully saturated rings. The minimum atomic E-state index is -0.0617. The van der Waals surface area contributed by atoms with Gasteiger partial charge in [-0.2, -0.15) is 5.10 Å². The summed E-state index contributed by atoms with van der Waals surface area (Å²) in [5, 5.41) is 8.79. The Labute approximate surface area is 191 Å². The van der Waals surface area contributed by atoms with Crippen molar-refractivity contribution < 1.29 is 9.53 Å². The second-order valence-electron chi connectivity index (χ2n) is 8.61. The predicted octanol–water partition coefficient (Wildman–Crippen LogP) is 3.81. The lowest BCUT2D eigenvalue weighted by Gasteiger charge is -2.14. The lowest BCUT2D eigenvalue weighted by Crippen LogP contribution is -2.15. The first-order chi connectivity index (χ1) is 15.9. The fraction of sp³-hybridized carbons (Fsp3) is 0.280. The smallest absolute Gasteiger partial charge is 0.229 e. The summed E-state index contributed by atoms with van der Waals surface area (Å²) in [6.07, 6.45) is 6.28. The summed E-state index contributed by atoms with van der Waals surface area (Å²) in [5.74, 6) is 1.03. The van der Waals surface area contributed by atoms with Crippen molar-refractivity contribution in [3.8, 4) is 11.3 Å². The molecule has 0 radical (unpaired) electrons. The van der Waals surface area contributed by atoms with Crippen molar-refractivity contribution in [1.82, 2.24) is 19.7 Å². The number of carbonyl (C=O) groups excluding carboxylic acids is 1. The van der Waals surface area contributed by atoms with Gasteiger partial charge in [0.25, 0.3) is 0 Å². The van der Waals surface area contributed by atoms with Gasteiger partial charge in [0.15, 0.2) is 0 Å². The average Bonchev–Trinajstić information content (AvgIpc) is 3.47. The van der Waals surface area contributed by atoms with E-state index >= 15 is 0 Å². The van der Waals surface area contributed by atoms with Crippen molar-refractivity contribution >= 4 is 28.3 Å². The first-order valence-electron chi connectivity index (χ1n) is 10.9. The molecule has 3 N–H and O–H groups in total. The molecule has 1 amide bonds. The number of aromatic nitrogens is 4. The number of anilines is 2. The molecule has 3 heterocycles. The maximum absolute atomic E-state index is 12.8. The molecule has 5 rings (SSSR count). The number of rotatable bonds is 6. The van der Waals surface area contributed by atoms with Crippen LogP contribution in [0.5, 0.6) is 0 Å². The monoisotopic (exact) mass is 442 g/mol. The third kappa shape index (κ3) is 4.05. The number of nitrogens with one attached hydrogen (secondary N) is 1. The third-order valence-corrected chi connectivity index (χ3v) is 6.19. The summed E-state index contributed by atoms with van der Waals surface area (Å²) in [4.78, 5) is 21.8. The Morgan fingerprint density at radius 2 is 2.15 bits per heavy atom. The fourth-order valence-electron chi connectivity index (χ4n) is 4.44. The Bertz CT molecular complexity index is 1360. The molecule has 8 nitrogen and oxygen atoms in total. The molecule has 0 saturated heterocycles. The molecule has 1 aromatic carbocycles. The van der Waals surface area contributed by atoms with Crippen molar-refractivity contribution in [3.05, 3.63) is 65.6 Å². The fourth-order valence-corrected chi connectivity index (χ4v) is 4.44. The average molecular weight is 443 g/mol. The molecule has 3 aromatic heterocycles. The molecule has 8 heteroatoms. The maximum Gasteiger partial charge on any atom is 0.229 e. The quantitative estimate of drug-likeness (QED) is 0.470. The normalized spacial score (nSPS) is 17.3. The summed E-state index contributed by atoms with van der Waals surface area (Å²) in [5.41, 5.74) is 11.3. The number of nitrogens with two attached hydrogens (primary N) is 1. The van der Waals surface area contributed by atoms with Crippen molar-refractivity contribution in [2.75, 3.05) is 18.2 Å². The highest BCUT2D eigenvalue weighted by atomic mass is 16.5. The van der Waals surface area contributed by atoms with Gasteiger partial charge < -0.3 is 15.8 Å². The van der Waals surface area contributed by atoms with Crippen LogP contribution in [0.3, 0.4) is 0 Å². The number of carbonyl (C=O) groups is 1. The third-order valence-electron chi connectivity index (χ3n) is 6.19. The molecule has 4 aromatic rings. The zero-order valence-corrected chi connectivity index (χ0v) is 18.9. The molecular weight excluding hydrogens is 416 g/mol. The summed E-state index contributed by atoms with van der Waals surface area (Å²) < 4.78 is 7.13. The Morgan fingerprint density at radius 3 is 2.91 bits per heavy atom. The van der Waals surface area contributed by atoms with E-state index in [0.29, 0.717) is 18.2 Å². The van der Waals surface area contributed by atoms with Crippen LogP contribution >= 0.6 is 0 Å². The molecule has 0 aliphatic heterocycles. The standard InChI is InChI=1S/C25H26N6O2/c1-14-5-4-6-15(13-33-3)23(14)21-7-16-8-22(27-11-20(16)24(26)29-21)30-25(32)19-9-18(19)17-10-28-31(2)12-17/h4-8,10-12,18-19H,9,13H2,1-3H3,(H2,26,29)(H,27,30,32)/t18-,19+/m0/s1. The Kier molecular flexibility index (Phi) is 5.30. The van der Waals surface area contributed by atoms with Gasteiger partial charge in [0.2, 0.25) is 5.91 Å². The van der Waals surface area contributed by atoms with Gasteiger partial charge in [0.1, 0.15) is 11.6 Å². The van der Waals surface area contributed by atoms with Gasteiger partial charge in [-0.15, -0.1) is 0 Å². The highest BCUT2D eigenvalue weighted by Crippen LogP contribution is 2.47. The van der Waals surface area contributed by atoms with E-state index in [1.165, 1.54) is 0 Å². The van der Waals surface area contributed by atoms with Crippen molar-refractivity contribution in [3.63, 3.8) is 0 Å². The summed E-state index contributed by atoms with van der Waals surface area (Å²) >= 11 is 0. The van der Waals surface area contributed by atoms with Crippen LogP contribution in [0.15, 0.2) is 48.9 Å². The number of fused-ring (bicyclic) bond motifs is 1. The van der Waals surface area contributed by atoms with Crippen LogP contribution in [0, 0.1) is 12.8 Å². The first-order valence-corrected chi connectivity index (χ1v) is 10.9. The number of nitrogens with zero attached hydrogens (tertiary/aromatic N) is 4. The van der Waals surface area contributed by atoms with Gasteiger partial charge in [0.05, 0.1) is 18.5 Å². The van der Waals surface area contributed by atoms with Gasteiger partial charge in [-0.3, -0.25) is 9.48 Å². The maximum atomic E-state index is 12.8. The zero-order valence-electron chi connectivity index (χ0n) is 18.9. The van der Waals surface area contributed by atoms with E-state index in [4.69, 9.17) is 10.5 Å². The van der Waals surface area contributed by atoms with Crippen molar-refractivity contribution in [2.45, 2.75) is 25.9 Å². The van der Waals surface area contributed by atoms with E-state index in [0.717, 1.165) is 45.1 Å². The minimum Gasteiger partial charge on any atom is -0.383 e. The SMILES string of the molecule is COCc1cccc(C)c1-c1cc2cc(NC(=O)[C@@H]3C[C@H]3c3cnn(C)c3)ncc2c(N)n1. The molecule has 2 atom stereocenters. The van der Waals surface area contributed by atoms with E-state index in [1.54, 1.807) is 18.0 Å². The van der Waals surface area contributed by atoms with Crippen molar-refractivity contribution in [2.24, 2.45) is 13.0 Å². The van der Waals surface area contributed by atoms with Gasteiger partial charge in [-0.05, 0) is 53.5 Å². The lowest BCUT2D eigenvalue weighted by atomic mass is 9.98. The molecular formula is C25H26N6O2. The van der Waals surface area contributed by atoms with Crippen LogP contribution in [0.1, 0.15) is 29.0 Å². The molecule has 0 bridgehead atoms. The Balaban J connectivity index is 1.43. The summed E-state index contributed by atoms with van der Waals surface area (Å²) in [6, 6.07) is 9.92. The lowest BCUT2D eigenvalue weighted by molar-refractivity contribution is -0.117. The summed E-state index contributed by atoms with van der Waals surface area (Å²) in [6.45, 7) is 2.52. The minimum absolute atomic E-state index is 0.0285. The summed E-state index contributed by atoms with van der Waals surface area (Å²) in [7, 11) is 3.55. The van der Waals surface area contributed by atoms with Crippen LogP contribution < -0.4 is 11.1 Å².